The van der Waals surface area contributed by atoms with Crippen molar-refractivity contribution in [2.75, 3.05) is 62.5 Å². The Hall–Kier alpha value is -1.12. The fraction of sp³-hybridized carbons (Fsp3) is 0.850. The number of hydrogen-bond donors (Lipinski definition) is 0. The van der Waals surface area contributed by atoms with Gasteiger partial charge in [0.1, 0.15) is 6.54 Å². The molecule has 1 aromatic rings. The molecule has 10 nitrogen and oxygen atoms in total. The fourth-order valence-corrected chi connectivity index (χ4v) is 5.61. The normalized spacial score (nSPS) is 11.8. The monoisotopic (exact) mass is 783 g/mol. The van der Waals surface area contributed by atoms with E-state index < -0.39 is 20.8 Å². The summed E-state index contributed by atoms with van der Waals surface area (Å²) in [6.07, 6.45) is 31.6. The van der Waals surface area contributed by atoms with E-state index in [2.05, 4.69) is 87.8 Å². The molecule has 0 radical (unpaired) electrons. The van der Waals surface area contributed by atoms with Gasteiger partial charge in [-0.05, 0) is 25.7 Å². The highest BCUT2D eigenvalue weighted by Crippen LogP contribution is 2.15. The summed E-state index contributed by atoms with van der Waals surface area (Å²) in [5, 5.41) is 0. The molecule has 52 heavy (non-hydrogen) atoms. The van der Waals surface area contributed by atoms with E-state index in [1.165, 1.54) is 160 Å². The highest BCUT2D eigenvalue weighted by molar-refractivity contribution is 7.81. The minimum atomic E-state index is -4.41. The second-order valence-corrected chi connectivity index (χ2v) is 17.8. The molecule has 0 amide bonds. The van der Waals surface area contributed by atoms with Gasteiger partial charge in [0.15, 0.2) is 0 Å². The van der Waals surface area contributed by atoms with Crippen molar-refractivity contribution in [1.82, 2.24) is 0 Å². The van der Waals surface area contributed by atoms with E-state index in [1.807, 2.05) is 0 Å². The van der Waals surface area contributed by atoms with E-state index in [1.54, 1.807) is 0 Å². The first-order chi connectivity index (χ1) is 24.3. The Kier molecular flexibility index (Phi) is 37.8. The summed E-state index contributed by atoms with van der Waals surface area (Å²) in [5.74, 6) is 0. The van der Waals surface area contributed by atoms with Gasteiger partial charge in [-0.25, -0.2) is 16.8 Å². The summed E-state index contributed by atoms with van der Waals surface area (Å²) in [7, 11) is 4.39. The van der Waals surface area contributed by atoms with Gasteiger partial charge in [0.2, 0.25) is 20.8 Å². The van der Waals surface area contributed by atoms with Crippen LogP contribution >= 0.6 is 0 Å². The third-order valence-corrected chi connectivity index (χ3v) is 9.48. The zero-order valence-corrected chi connectivity index (χ0v) is 36.7. The van der Waals surface area contributed by atoms with Crippen LogP contribution in [0.3, 0.4) is 0 Å². The number of quaternary nitrogens is 2. The molecule has 0 N–H and O–H groups in total. The van der Waals surface area contributed by atoms with Crippen LogP contribution in [0.1, 0.15) is 161 Å². The molecule has 0 heterocycles. The van der Waals surface area contributed by atoms with Crippen molar-refractivity contribution in [3.63, 3.8) is 0 Å². The third kappa shape index (κ3) is 53.2. The molecular formula is C40H82N2O8S2. The molecule has 0 fully saturated rings. The van der Waals surface area contributed by atoms with Crippen molar-refractivity contribution >= 4 is 20.8 Å². The summed E-state index contributed by atoms with van der Waals surface area (Å²) < 4.78 is 64.3. The van der Waals surface area contributed by atoms with Crippen LogP contribution in [0.15, 0.2) is 30.3 Å². The van der Waals surface area contributed by atoms with Crippen LogP contribution in [0, 0.1) is 0 Å². The van der Waals surface area contributed by atoms with Crippen molar-refractivity contribution in [2.45, 2.75) is 162 Å². The minimum absolute atomic E-state index is 0.808. The third-order valence-electron chi connectivity index (χ3n) is 8.66. The van der Waals surface area contributed by atoms with Crippen molar-refractivity contribution < 1.29 is 43.3 Å². The quantitative estimate of drug-likeness (QED) is 0.0355. The highest BCUT2D eigenvalue weighted by Gasteiger charge is 2.14. The van der Waals surface area contributed by atoms with Crippen LogP contribution in [0.25, 0.3) is 0 Å². The van der Waals surface area contributed by atoms with Crippen molar-refractivity contribution in [1.29, 1.82) is 0 Å². The zero-order valence-electron chi connectivity index (χ0n) is 35.0. The number of unbranched alkanes of at least 4 members (excludes halogenated alkanes) is 20. The second-order valence-electron chi connectivity index (χ2n) is 15.5. The second kappa shape index (κ2) is 35.6. The van der Waals surface area contributed by atoms with Gasteiger partial charge in [-0.2, -0.15) is 0 Å². The predicted octanol–water partition coefficient (Wildman–Crippen LogP) is 9.76. The van der Waals surface area contributed by atoms with Crippen molar-refractivity contribution in [2.24, 2.45) is 0 Å². The molecule has 312 valence electrons. The van der Waals surface area contributed by atoms with Gasteiger partial charge in [0.05, 0.1) is 62.5 Å². The standard InChI is InChI=1S/C21H38N.C17H38N.2CH4O4S/c1-4-5-6-7-8-9-10-11-12-16-19-22(2,3)20-21-17-14-13-15-18-21;1-5-6-7-8-9-10-11-12-13-14-15-16-17-18(2,3)4;2*1-5-6(2,3)4/h13-15,17-18H,4-12,16,19-20H2,1-3H3;5-17H2,1-4H3;2*1H3,(H,2,3,4)/q2*+1;;/p-2. The van der Waals surface area contributed by atoms with Crippen LogP contribution < -0.4 is 0 Å². The molecule has 0 saturated heterocycles. The van der Waals surface area contributed by atoms with Gasteiger partial charge < -0.3 is 18.1 Å². The first kappa shape index (κ1) is 55.2. The number of hydrogen-bond acceptors (Lipinski definition) is 8. The predicted molar refractivity (Wildman–Crippen MR) is 216 cm³/mol. The zero-order chi connectivity index (χ0) is 40.2. The Bertz CT molecular complexity index is 1060. The smallest absolute Gasteiger partial charge is 0.217 e. The lowest BCUT2D eigenvalue weighted by atomic mass is 10.1. The average Bonchev–Trinajstić information content (AvgIpc) is 3.06. The molecule has 0 aromatic heterocycles. The van der Waals surface area contributed by atoms with Crippen LogP contribution in [0.2, 0.25) is 0 Å². The molecule has 0 unspecified atom stereocenters. The lowest BCUT2D eigenvalue weighted by Gasteiger charge is -2.30. The summed E-state index contributed by atoms with van der Waals surface area (Å²) in [6.45, 7) is 8.36. The van der Waals surface area contributed by atoms with Gasteiger partial charge >= 0.3 is 0 Å². The molecule has 0 atom stereocenters. The van der Waals surface area contributed by atoms with E-state index in [0.717, 1.165) is 29.7 Å². The maximum Gasteiger partial charge on any atom is 0.217 e. The van der Waals surface area contributed by atoms with Crippen molar-refractivity contribution in [3.05, 3.63) is 35.9 Å². The Labute approximate surface area is 323 Å². The Morgan fingerprint density at radius 3 is 1.02 bits per heavy atom. The molecule has 0 saturated carbocycles. The Balaban J connectivity index is -0.000000711. The Morgan fingerprint density at radius 1 is 0.481 bits per heavy atom. The molecule has 1 rings (SSSR count). The van der Waals surface area contributed by atoms with E-state index in [-0.39, 0.29) is 0 Å². The molecule has 1 aromatic carbocycles. The lowest BCUT2D eigenvalue weighted by Crippen LogP contribution is -2.39. The average molecular weight is 783 g/mol. The number of benzene rings is 1. The minimum Gasteiger partial charge on any atom is -0.726 e. The molecular weight excluding hydrogens is 701 g/mol. The van der Waals surface area contributed by atoms with Crippen LogP contribution in [0.5, 0.6) is 0 Å². The topological polar surface area (TPSA) is 133 Å². The number of nitrogens with zero attached hydrogens (tertiary/aromatic N) is 2. The number of rotatable bonds is 28. The Morgan fingerprint density at radius 2 is 0.750 bits per heavy atom. The molecule has 0 aliphatic rings. The molecule has 0 aliphatic heterocycles. The van der Waals surface area contributed by atoms with Crippen LogP contribution in [0.4, 0.5) is 0 Å². The lowest BCUT2D eigenvalue weighted by molar-refractivity contribution is -0.903. The maximum absolute atomic E-state index is 9.22. The van der Waals surface area contributed by atoms with Crippen LogP contribution in [-0.4, -0.2) is 97.5 Å². The maximum atomic E-state index is 9.22. The molecule has 0 spiro atoms. The van der Waals surface area contributed by atoms with Gasteiger partial charge in [-0.15, -0.1) is 0 Å². The fourth-order valence-electron chi connectivity index (χ4n) is 5.61. The largest absolute Gasteiger partial charge is 0.726 e. The van der Waals surface area contributed by atoms with E-state index in [0.29, 0.717) is 0 Å². The van der Waals surface area contributed by atoms with E-state index >= 15 is 0 Å². The molecule has 0 bridgehead atoms. The van der Waals surface area contributed by atoms with E-state index in [4.69, 9.17) is 0 Å². The summed E-state index contributed by atoms with van der Waals surface area (Å²) in [5.41, 5.74) is 1.46. The summed E-state index contributed by atoms with van der Waals surface area (Å²) >= 11 is 0. The first-order valence-electron chi connectivity index (χ1n) is 20.0. The van der Waals surface area contributed by atoms with Crippen molar-refractivity contribution in [3.8, 4) is 0 Å². The SMILES string of the molecule is CCCCCCCCCCCCCC[N+](C)(C)C.CCCCCCCCCCCC[N+](C)(C)Cc1ccccc1.COS(=O)(=O)[O-].COS(=O)(=O)[O-]. The summed E-state index contributed by atoms with van der Waals surface area (Å²) in [4.78, 5) is 0. The van der Waals surface area contributed by atoms with Gasteiger partial charge in [0.25, 0.3) is 0 Å². The summed E-state index contributed by atoms with van der Waals surface area (Å²) in [6, 6.07) is 10.9. The van der Waals surface area contributed by atoms with Gasteiger partial charge in [-0.1, -0.05) is 160 Å². The van der Waals surface area contributed by atoms with Gasteiger partial charge in [0, 0.05) is 5.56 Å². The highest BCUT2D eigenvalue weighted by atomic mass is 32.3. The first-order valence-corrected chi connectivity index (χ1v) is 22.7. The van der Waals surface area contributed by atoms with E-state index in [9.17, 15) is 25.9 Å². The van der Waals surface area contributed by atoms with Gasteiger partial charge in [-0.3, -0.25) is 8.37 Å². The van der Waals surface area contributed by atoms with Crippen LogP contribution in [-0.2, 0) is 35.7 Å². The molecule has 12 heteroatoms. The molecule has 0 aliphatic carbocycles.